The van der Waals surface area contributed by atoms with Crippen LogP contribution in [0.3, 0.4) is 0 Å². The van der Waals surface area contributed by atoms with Crippen LogP contribution in [0.5, 0.6) is 11.5 Å². The second-order valence-corrected chi connectivity index (χ2v) is 6.35. The zero-order valence-corrected chi connectivity index (χ0v) is 13.5. The van der Waals surface area contributed by atoms with Gasteiger partial charge in [-0.1, -0.05) is 59.2 Å². The fourth-order valence-corrected chi connectivity index (χ4v) is 1.59. The third-order valence-electron chi connectivity index (χ3n) is 2.73. The van der Waals surface area contributed by atoms with Crippen LogP contribution in [0.15, 0.2) is 12.1 Å². The van der Waals surface area contributed by atoms with Crippen LogP contribution in [0.2, 0.25) is 0 Å². The molecule has 0 saturated carbocycles. The standard InChI is InChI=1S/C14H22O2.2Cu/c1-13(2,3)9-7-10(14(4,5)6)12(16)11(15)8-9;;/h7-8,15-16H,1-6H3;;/q;2*+1/p-2. The summed E-state index contributed by atoms with van der Waals surface area (Å²) in [4.78, 5) is 0. The summed E-state index contributed by atoms with van der Waals surface area (Å²) in [7, 11) is 0. The monoisotopic (exact) mass is 346 g/mol. The Hall–Kier alpha value is -0.141. The van der Waals surface area contributed by atoms with Crippen molar-refractivity contribution in [2.24, 2.45) is 0 Å². The molecule has 0 heterocycles. The molecule has 1 rings (SSSR count). The van der Waals surface area contributed by atoms with E-state index >= 15 is 0 Å². The predicted molar refractivity (Wildman–Crippen MR) is 62.7 cm³/mol. The summed E-state index contributed by atoms with van der Waals surface area (Å²) in [6.07, 6.45) is 0. The molecule has 0 spiro atoms. The Labute approximate surface area is 131 Å². The zero-order chi connectivity index (χ0) is 12.7. The van der Waals surface area contributed by atoms with Crippen molar-refractivity contribution >= 4 is 0 Å². The molecule has 1 aromatic carbocycles. The van der Waals surface area contributed by atoms with E-state index in [1.807, 2.05) is 47.6 Å². The normalized spacial score (nSPS) is 11.4. The molecule has 0 fully saturated rings. The molecule has 1 aromatic rings. The fraction of sp³-hybridized carbons (Fsp3) is 0.571. The SMILES string of the molecule is CC(C)(C)c1cc([O-])c([O-])c(C(C)(C)C)c1.[Cu+].[Cu+]. The van der Waals surface area contributed by atoms with Gasteiger partial charge in [0.25, 0.3) is 0 Å². The van der Waals surface area contributed by atoms with Crippen LogP contribution in [0, 0.1) is 0 Å². The van der Waals surface area contributed by atoms with Gasteiger partial charge in [-0.05, 0) is 16.4 Å². The van der Waals surface area contributed by atoms with Crippen molar-refractivity contribution in [3.8, 4) is 11.5 Å². The molecule has 0 aliphatic carbocycles. The average Bonchev–Trinajstić information content (AvgIpc) is 2.05. The molecule has 0 aliphatic rings. The molecule has 0 saturated heterocycles. The van der Waals surface area contributed by atoms with E-state index in [4.69, 9.17) is 0 Å². The molecule has 18 heavy (non-hydrogen) atoms. The van der Waals surface area contributed by atoms with E-state index in [2.05, 4.69) is 0 Å². The van der Waals surface area contributed by atoms with Gasteiger partial charge in [0.2, 0.25) is 0 Å². The van der Waals surface area contributed by atoms with Gasteiger partial charge in [-0.3, -0.25) is 0 Å². The van der Waals surface area contributed by atoms with E-state index in [1.54, 1.807) is 0 Å². The molecule has 0 unspecified atom stereocenters. The molecule has 4 heteroatoms. The molecule has 0 radical (unpaired) electrons. The van der Waals surface area contributed by atoms with E-state index < -0.39 is 5.75 Å². The number of hydrogen-bond acceptors (Lipinski definition) is 2. The Balaban J connectivity index is 0. The summed E-state index contributed by atoms with van der Waals surface area (Å²) in [6, 6.07) is 3.35. The van der Waals surface area contributed by atoms with Crippen molar-refractivity contribution < 1.29 is 44.4 Å². The minimum absolute atomic E-state index is 0. The van der Waals surface area contributed by atoms with Crippen molar-refractivity contribution in [1.82, 2.24) is 0 Å². The second-order valence-electron chi connectivity index (χ2n) is 6.35. The summed E-state index contributed by atoms with van der Waals surface area (Å²) < 4.78 is 0. The summed E-state index contributed by atoms with van der Waals surface area (Å²) >= 11 is 0. The Morgan fingerprint density at radius 1 is 0.778 bits per heavy atom. The van der Waals surface area contributed by atoms with Gasteiger partial charge in [0.1, 0.15) is 0 Å². The largest absolute Gasteiger partial charge is 1.00 e. The molecular formula is C14H20Cu2O2. The van der Waals surface area contributed by atoms with Crippen molar-refractivity contribution in [3.05, 3.63) is 23.3 Å². The Morgan fingerprint density at radius 2 is 1.22 bits per heavy atom. The van der Waals surface area contributed by atoms with E-state index in [9.17, 15) is 10.2 Å². The third-order valence-corrected chi connectivity index (χ3v) is 2.73. The maximum Gasteiger partial charge on any atom is 1.00 e. The Bertz CT molecular complexity index is 401. The Kier molecular flexibility index (Phi) is 7.11. The van der Waals surface area contributed by atoms with E-state index in [0.29, 0.717) is 5.56 Å². The first-order valence-electron chi connectivity index (χ1n) is 5.56. The molecule has 0 aromatic heterocycles. The summed E-state index contributed by atoms with van der Waals surface area (Å²) in [5, 5.41) is 23.4. The van der Waals surface area contributed by atoms with E-state index in [-0.39, 0.29) is 50.7 Å². The molecule has 0 atom stereocenters. The maximum atomic E-state index is 11.8. The van der Waals surface area contributed by atoms with Crippen LogP contribution in [0.4, 0.5) is 0 Å². The van der Waals surface area contributed by atoms with Crippen LogP contribution < -0.4 is 10.2 Å². The van der Waals surface area contributed by atoms with Crippen LogP contribution in [-0.2, 0) is 45.0 Å². The first-order valence-corrected chi connectivity index (χ1v) is 5.56. The molecule has 2 nitrogen and oxygen atoms in total. The van der Waals surface area contributed by atoms with Crippen LogP contribution in [0.25, 0.3) is 0 Å². The third kappa shape index (κ3) is 4.51. The van der Waals surface area contributed by atoms with Gasteiger partial charge in [0.05, 0.1) is 0 Å². The van der Waals surface area contributed by atoms with Gasteiger partial charge in [0.15, 0.2) is 0 Å². The quantitative estimate of drug-likeness (QED) is 0.677. The summed E-state index contributed by atoms with van der Waals surface area (Å²) in [5.41, 5.74) is 1.16. The number of rotatable bonds is 0. The zero-order valence-electron chi connectivity index (χ0n) is 11.6. The molecule has 0 N–H and O–H groups in total. The van der Waals surface area contributed by atoms with Crippen LogP contribution in [0.1, 0.15) is 52.7 Å². The Morgan fingerprint density at radius 3 is 1.56 bits per heavy atom. The molecule has 0 aliphatic heterocycles. The summed E-state index contributed by atoms with van der Waals surface area (Å²) in [5.74, 6) is -0.752. The van der Waals surface area contributed by atoms with Gasteiger partial charge in [-0.2, -0.15) is 0 Å². The van der Waals surface area contributed by atoms with Gasteiger partial charge >= 0.3 is 34.1 Å². The van der Waals surface area contributed by atoms with Crippen molar-refractivity contribution in [2.75, 3.05) is 0 Å². The van der Waals surface area contributed by atoms with Gasteiger partial charge < -0.3 is 10.2 Å². The topological polar surface area (TPSA) is 46.1 Å². The second kappa shape index (κ2) is 6.34. The minimum Gasteiger partial charge on any atom is -0.873 e. The molecule has 0 amide bonds. The maximum absolute atomic E-state index is 11.8. The van der Waals surface area contributed by atoms with Crippen molar-refractivity contribution in [1.29, 1.82) is 0 Å². The van der Waals surface area contributed by atoms with Crippen LogP contribution >= 0.6 is 0 Å². The molecular weight excluding hydrogens is 327 g/mol. The van der Waals surface area contributed by atoms with Gasteiger partial charge in [-0.15, -0.1) is 11.5 Å². The van der Waals surface area contributed by atoms with E-state index in [1.165, 1.54) is 6.07 Å². The first-order chi connectivity index (χ1) is 7.03. The van der Waals surface area contributed by atoms with Crippen molar-refractivity contribution in [2.45, 2.75) is 52.4 Å². The smallest absolute Gasteiger partial charge is 0.873 e. The summed E-state index contributed by atoms with van der Waals surface area (Å²) in [6.45, 7) is 12.0. The van der Waals surface area contributed by atoms with Crippen LogP contribution in [-0.4, -0.2) is 0 Å². The van der Waals surface area contributed by atoms with Crippen molar-refractivity contribution in [3.63, 3.8) is 0 Å². The molecule has 0 bridgehead atoms. The predicted octanol–water partition coefficient (Wildman–Crippen LogP) is 2.42. The minimum atomic E-state index is -0.391. The number of hydrogen-bond donors (Lipinski definition) is 0. The van der Waals surface area contributed by atoms with E-state index in [0.717, 1.165) is 5.56 Å². The molecule has 110 valence electrons. The van der Waals surface area contributed by atoms with Gasteiger partial charge in [-0.25, -0.2) is 0 Å². The number of benzene rings is 1. The average molecular weight is 347 g/mol. The first kappa shape index (κ1) is 20.2. The fourth-order valence-electron chi connectivity index (χ4n) is 1.59. The van der Waals surface area contributed by atoms with Gasteiger partial charge in [0, 0.05) is 0 Å².